The SMILES string of the molecule is COc1cc(C(=O)NCc2ccc(C(=O)NC3CC3)cc2)cc(OC)c1C. The van der Waals surface area contributed by atoms with Crippen molar-refractivity contribution < 1.29 is 19.1 Å². The van der Waals surface area contributed by atoms with Crippen LogP contribution < -0.4 is 20.1 Å². The second-order valence-corrected chi connectivity index (χ2v) is 6.63. The van der Waals surface area contributed by atoms with Crippen LogP contribution in [0.3, 0.4) is 0 Å². The van der Waals surface area contributed by atoms with Crippen LogP contribution in [0.1, 0.15) is 44.7 Å². The first-order chi connectivity index (χ1) is 13.0. The van der Waals surface area contributed by atoms with Gasteiger partial charge in [-0.2, -0.15) is 0 Å². The van der Waals surface area contributed by atoms with E-state index in [2.05, 4.69) is 10.6 Å². The fraction of sp³-hybridized carbons (Fsp3) is 0.333. The van der Waals surface area contributed by atoms with E-state index in [0.717, 1.165) is 24.0 Å². The molecule has 0 radical (unpaired) electrons. The van der Waals surface area contributed by atoms with E-state index < -0.39 is 0 Å². The number of hydrogen-bond donors (Lipinski definition) is 2. The number of methoxy groups -OCH3 is 2. The van der Waals surface area contributed by atoms with Crippen molar-refractivity contribution in [2.45, 2.75) is 32.4 Å². The Morgan fingerprint density at radius 3 is 2.07 bits per heavy atom. The molecule has 0 unspecified atom stereocenters. The lowest BCUT2D eigenvalue weighted by atomic mass is 10.1. The summed E-state index contributed by atoms with van der Waals surface area (Å²) in [5, 5.41) is 5.83. The summed E-state index contributed by atoms with van der Waals surface area (Å²) in [4.78, 5) is 24.5. The number of carbonyl (C=O) groups excluding carboxylic acids is 2. The lowest BCUT2D eigenvalue weighted by Gasteiger charge is -2.13. The number of carbonyl (C=O) groups is 2. The van der Waals surface area contributed by atoms with Gasteiger partial charge in [0.15, 0.2) is 0 Å². The van der Waals surface area contributed by atoms with Crippen LogP contribution in [0.25, 0.3) is 0 Å². The van der Waals surface area contributed by atoms with Crippen molar-refractivity contribution in [3.8, 4) is 11.5 Å². The Hall–Kier alpha value is -3.02. The van der Waals surface area contributed by atoms with Crippen LogP contribution in [-0.2, 0) is 6.54 Å². The molecule has 1 saturated carbocycles. The quantitative estimate of drug-likeness (QED) is 0.788. The largest absolute Gasteiger partial charge is 0.496 e. The van der Waals surface area contributed by atoms with Gasteiger partial charge in [-0.05, 0) is 49.6 Å². The van der Waals surface area contributed by atoms with E-state index in [1.54, 1.807) is 38.5 Å². The van der Waals surface area contributed by atoms with Gasteiger partial charge in [-0.3, -0.25) is 9.59 Å². The zero-order valence-electron chi connectivity index (χ0n) is 15.8. The summed E-state index contributed by atoms with van der Waals surface area (Å²) in [6.45, 7) is 2.24. The van der Waals surface area contributed by atoms with Gasteiger partial charge in [0.1, 0.15) is 11.5 Å². The molecule has 2 aromatic rings. The van der Waals surface area contributed by atoms with Gasteiger partial charge in [-0.1, -0.05) is 12.1 Å². The van der Waals surface area contributed by atoms with Crippen LogP contribution >= 0.6 is 0 Å². The molecule has 2 N–H and O–H groups in total. The van der Waals surface area contributed by atoms with E-state index in [9.17, 15) is 9.59 Å². The van der Waals surface area contributed by atoms with Crippen molar-refractivity contribution in [3.63, 3.8) is 0 Å². The van der Waals surface area contributed by atoms with Gasteiger partial charge < -0.3 is 20.1 Å². The monoisotopic (exact) mass is 368 g/mol. The van der Waals surface area contributed by atoms with Crippen molar-refractivity contribution in [3.05, 3.63) is 58.7 Å². The van der Waals surface area contributed by atoms with Gasteiger partial charge in [-0.25, -0.2) is 0 Å². The number of benzene rings is 2. The Balaban J connectivity index is 1.62. The molecule has 0 aromatic heterocycles. The normalized spacial score (nSPS) is 13.0. The Morgan fingerprint density at radius 1 is 0.963 bits per heavy atom. The van der Waals surface area contributed by atoms with Gasteiger partial charge in [0.05, 0.1) is 14.2 Å². The van der Waals surface area contributed by atoms with Gasteiger partial charge in [0, 0.05) is 29.3 Å². The third-order valence-electron chi connectivity index (χ3n) is 4.60. The summed E-state index contributed by atoms with van der Waals surface area (Å²) in [7, 11) is 3.12. The molecule has 2 aromatic carbocycles. The van der Waals surface area contributed by atoms with Crippen molar-refractivity contribution >= 4 is 11.8 Å². The lowest BCUT2D eigenvalue weighted by Crippen LogP contribution is -2.25. The molecule has 0 saturated heterocycles. The second kappa shape index (κ2) is 8.12. The first-order valence-electron chi connectivity index (χ1n) is 8.92. The maximum Gasteiger partial charge on any atom is 0.251 e. The number of hydrogen-bond acceptors (Lipinski definition) is 4. The minimum atomic E-state index is -0.220. The molecule has 27 heavy (non-hydrogen) atoms. The highest BCUT2D eigenvalue weighted by molar-refractivity contribution is 5.95. The minimum absolute atomic E-state index is 0.0491. The Bertz CT molecular complexity index is 817. The molecule has 2 amide bonds. The summed E-state index contributed by atoms with van der Waals surface area (Å²) < 4.78 is 10.6. The highest BCUT2D eigenvalue weighted by Crippen LogP contribution is 2.29. The van der Waals surface area contributed by atoms with Crippen molar-refractivity contribution in [2.75, 3.05) is 14.2 Å². The molecule has 1 aliphatic carbocycles. The van der Waals surface area contributed by atoms with Crippen LogP contribution in [0.5, 0.6) is 11.5 Å². The first kappa shape index (κ1) is 18.8. The molecule has 0 atom stereocenters. The minimum Gasteiger partial charge on any atom is -0.496 e. The van der Waals surface area contributed by atoms with E-state index in [1.807, 2.05) is 19.1 Å². The Kier molecular flexibility index (Phi) is 5.64. The summed E-state index contributed by atoms with van der Waals surface area (Å²) in [5.41, 5.74) is 2.86. The number of nitrogens with one attached hydrogen (secondary N) is 2. The van der Waals surface area contributed by atoms with Crippen molar-refractivity contribution in [1.82, 2.24) is 10.6 Å². The summed E-state index contributed by atoms with van der Waals surface area (Å²) >= 11 is 0. The maximum atomic E-state index is 12.5. The van der Waals surface area contributed by atoms with E-state index in [4.69, 9.17) is 9.47 Å². The molecule has 142 valence electrons. The van der Waals surface area contributed by atoms with Gasteiger partial charge in [0.25, 0.3) is 11.8 Å². The highest BCUT2D eigenvalue weighted by Gasteiger charge is 2.23. The van der Waals surface area contributed by atoms with Crippen molar-refractivity contribution in [1.29, 1.82) is 0 Å². The van der Waals surface area contributed by atoms with E-state index in [-0.39, 0.29) is 11.8 Å². The average Bonchev–Trinajstić information content (AvgIpc) is 3.50. The predicted molar refractivity (Wildman–Crippen MR) is 102 cm³/mol. The first-order valence-corrected chi connectivity index (χ1v) is 8.92. The average molecular weight is 368 g/mol. The summed E-state index contributed by atoms with van der Waals surface area (Å²) in [6.07, 6.45) is 2.12. The third kappa shape index (κ3) is 4.58. The Labute approximate surface area is 158 Å². The second-order valence-electron chi connectivity index (χ2n) is 6.63. The standard InChI is InChI=1S/C21H24N2O4/c1-13-18(26-2)10-16(11-19(13)27-3)20(24)22-12-14-4-6-15(7-5-14)21(25)23-17-8-9-17/h4-7,10-11,17H,8-9,12H2,1-3H3,(H,22,24)(H,23,25). The molecule has 3 rings (SSSR count). The molecule has 0 heterocycles. The van der Waals surface area contributed by atoms with Gasteiger partial charge >= 0.3 is 0 Å². The molecule has 0 spiro atoms. The molecular formula is C21H24N2O4. The van der Waals surface area contributed by atoms with Gasteiger partial charge in [0.2, 0.25) is 0 Å². The third-order valence-corrected chi connectivity index (χ3v) is 4.60. The lowest BCUT2D eigenvalue weighted by molar-refractivity contribution is 0.0941. The number of amides is 2. The summed E-state index contributed by atoms with van der Waals surface area (Å²) in [6, 6.07) is 11.0. The topological polar surface area (TPSA) is 76.7 Å². The van der Waals surface area contributed by atoms with Crippen molar-refractivity contribution in [2.24, 2.45) is 0 Å². The number of rotatable bonds is 7. The maximum absolute atomic E-state index is 12.5. The van der Waals surface area contributed by atoms with Crippen LogP contribution in [0.15, 0.2) is 36.4 Å². The highest BCUT2D eigenvalue weighted by atomic mass is 16.5. The Morgan fingerprint density at radius 2 is 1.56 bits per heavy atom. The molecule has 1 fully saturated rings. The fourth-order valence-corrected chi connectivity index (χ4v) is 2.77. The molecule has 6 heteroatoms. The molecule has 0 bridgehead atoms. The molecular weight excluding hydrogens is 344 g/mol. The van der Waals surface area contributed by atoms with E-state index in [1.165, 1.54) is 0 Å². The zero-order chi connectivity index (χ0) is 19.4. The smallest absolute Gasteiger partial charge is 0.251 e. The van der Waals surface area contributed by atoms with E-state index >= 15 is 0 Å². The van der Waals surface area contributed by atoms with Gasteiger partial charge in [-0.15, -0.1) is 0 Å². The molecule has 1 aliphatic rings. The fourth-order valence-electron chi connectivity index (χ4n) is 2.77. The van der Waals surface area contributed by atoms with Crippen LogP contribution in [-0.4, -0.2) is 32.1 Å². The van der Waals surface area contributed by atoms with E-state index in [0.29, 0.717) is 35.2 Å². The van der Waals surface area contributed by atoms with Crippen LogP contribution in [0.2, 0.25) is 0 Å². The molecule has 6 nitrogen and oxygen atoms in total. The van der Waals surface area contributed by atoms with Crippen LogP contribution in [0.4, 0.5) is 0 Å². The number of ether oxygens (including phenoxy) is 2. The predicted octanol–water partition coefficient (Wildman–Crippen LogP) is 2.83. The van der Waals surface area contributed by atoms with Crippen LogP contribution in [0, 0.1) is 6.92 Å². The molecule has 0 aliphatic heterocycles. The summed E-state index contributed by atoms with van der Waals surface area (Å²) in [5.74, 6) is 0.935. The zero-order valence-corrected chi connectivity index (χ0v) is 15.8.